The summed E-state index contributed by atoms with van der Waals surface area (Å²) in [6, 6.07) is 0. The van der Waals surface area contributed by atoms with E-state index in [0.29, 0.717) is 60.1 Å². The molecule has 0 atom stereocenters. The largest absolute Gasteiger partial charge is 0.400 e. The molecule has 15 heteroatoms. The van der Waals surface area contributed by atoms with Crippen molar-refractivity contribution in [3.63, 3.8) is 0 Å². The van der Waals surface area contributed by atoms with Gasteiger partial charge in [0.25, 0.3) is 0 Å². The molecule has 0 aromatic carbocycles. The lowest BCUT2D eigenvalue weighted by atomic mass is 10.1. The monoisotopic (exact) mass is 734 g/mol. The second-order valence-corrected chi connectivity index (χ2v) is 13.2. The van der Waals surface area contributed by atoms with E-state index in [1.807, 2.05) is 0 Å². The third kappa shape index (κ3) is 23.7. The number of thiocarbonyl (C=S) groups is 1. The van der Waals surface area contributed by atoms with Crippen LogP contribution < -0.4 is 16.4 Å². The maximum Gasteiger partial charge on any atom is 0.246 e. The number of thioether (sulfide) groups is 1. The van der Waals surface area contributed by atoms with Crippen molar-refractivity contribution in [2.45, 2.75) is 90.9 Å². The van der Waals surface area contributed by atoms with Crippen LogP contribution in [-0.4, -0.2) is 96.8 Å². The van der Waals surface area contributed by atoms with Gasteiger partial charge in [-0.05, 0) is 58.9 Å². The zero-order valence-electron chi connectivity index (χ0n) is 30.1. The van der Waals surface area contributed by atoms with Crippen LogP contribution >= 0.6 is 24.0 Å². The Balaban J connectivity index is 0.000000759. The Labute approximate surface area is 307 Å². The van der Waals surface area contributed by atoms with Crippen molar-refractivity contribution in [3.05, 3.63) is 60.7 Å². The molecule has 1 fully saturated rings. The molecule has 0 saturated carbocycles. The molecule has 0 spiro atoms. The number of ketones is 1. The van der Waals surface area contributed by atoms with Gasteiger partial charge in [-0.25, -0.2) is 9.97 Å². The number of nitrogens with zero attached hydrogens (tertiary/aromatic N) is 3. The number of carbonyl (C=O) groups is 4. The number of Topliss-reactive ketones (excluding diaryl/α,β-unsaturated/α-hetero) is 1. The van der Waals surface area contributed by atoms with Crippen LogP contribution in [0.3, 0.4) is 0 Å². The highest BCUT2D eigenvalue weighted by Crippen LogP contribution is 2.19. The van der Waals surface area contributed by atoms with Crippen LogP contribution in [0, 0.1) is 0 Å². The smallest absolute Gasteiger partial charge is 0.246 e. The topological polar surface area (TPSA) is 199 Å². The van der Waals surface area contributed by atoms with E-state index in [1.165, 1.54) is 0 Å². The van der Waals surface area contributed by atoms with E-state index in [-0.39, 0.29) is 17.7 Å². The third-order valence-electron chi connectivity index (χ3n) is 7.03. The van der Waals surface area contributed by atoms with Crippen molar-refractivity contribution < 1.29 is 24.3 Å². The molecule has 1 saturated heterocycles. The Bertz CT molecular complexity index is 1270. The minimum Gasteiger partial charge on any atom is -0.400 e. The molecule has 3 rings (SSSR count). The fourth-order valence-electron chi connectivity index (χ4n) is 4.26. The zero-order chi connectivity index (χ0) is 37.6. The number of amides is 3. The standard InChI is InChI=1S/C16H25N3O2.C13H20N2O2S2.C5H9N3.CH4O/c1-13(2)16(21)18-10-5-3-4-8-15(20)9-6-7-14-11-17-12-19-14;1-10(2)12(17)14-7-5-3-4-6-11(16)15-8-9-19-13(15)18;6-2-1-5-3-7-4-8-5;1-2/h11-12H,1,3-10H2,2H3,(H,17,19)(H,18,21);1,3-9H2,2H3,(H,14,17);3-4H,1-2,6H2,(H,7,8);2H,1H3. The molecule has 50 heavy (non-hydrogen) atoms. The molecule has 3 amide bonds. The number of hydrogen-bond acceptors (Lipinski definition) is 10. The number of unbranched alkanes of at least 4 members (excludes halogenated alkanes) is 4. The molecule has 2 aromatic rings. The summed E-state index contributed by atoms with van der Waals surface area (Å²) in [4.78, 5) is 61.4. The number of hydrogen-bond donors (Lipinski definition) is 6. The number of nitrogens with two attached hydrogens (primary N) is 1. The highest BCUT2D eigenvalue weighted by atomic mass is 32.2. The predicted molar refractivity (Wildman–Crippen MR) is 205 cm³/mol. The summed E-state index contributed by atoms with van der Waals surface area (Å²) >= 11 is 6.67. The molecule has 13 nitrogen and oxygen atoms in total. The Morgan fingerprint density at radius 2 is 1.34 bits per heavy atom. The summed E-state index contributed by atoms with van der Waals surface area (Å²) < 4.78 is 0.707. The van der Waals surface area contributed by atoms with Gasteiger partial charge in [-0.15, -0.1) is 0 Å². The van der Waals surface area contributed by atoms with Gasteiger partial charge in [-0.1, -0.05) is 50.0 Å². The van der Waals surface area contributed by atoms with E-state index in [2.05, 4.69) is 43.7 Å². The number of aliphatic hydroxyl groups is 1. The highest BCUT2D eigenvalue weighted by Gasteiger charge is 2.23. The Morgan fingerprint density at radius 1 is 0.840 bits per heavy atom. The van der Waals surface area contributed by atoms with Crippen molar-refractivity contribution in [1.29, 1.82) is 0 Å². The fourth-order valence-corrected chi connectivity index (χ4v) is 5.50. The number of aromatic amines is 2. The van der Waals surface area contributed by atoms with Gasteiger partial charge in [0.2, 0.25) is 17.7 Å². The number of carbonyl (C=O) groups excluding carboxylic acids is 4. The van der Waals surface area contributed by atoms with Crippen molar-refractivity contribution in [1.82, 2.24) is 35.5 Å². The fraction of sp³-hybridized carbons (Fsp3) is 0.571. The molecule has 0 radical (unpaired) electrons. The summed E-state index contributed by atoms with van der Waals surface area (Å²) in [5.74, 6) is 1.17. The summed E-state index contributed by atoms with van der Waals surface area (Å²) in [6.45, 7) is 13.2. The van der Waals surface area contributed by atoms with Crippen molar-refractivity contribution >= 4 is 51.8 Å². The molecule has 280 valence electrons. The first kappa shape index (κ1) is 46.3. The van der Waals surface area contributed by atoms with Crippen LogP contribution in [0.5, 0.6) is 0 Å². The van der Waals surface area contributed by atoms with E-state index in [9.17, 15) is 19.2 Å². The van der Waals surface area contributed by atoms with E-state index < -0.39 is 0 Å². The lowest BCUT2D eigenvalue weighted by Crippen LogP contribution is -2.30. The first-order valence-corrected chi connectivity index (χ1v) is 18.4. The lowest BCUT2D eigenvalue weighted by molar-refractivity contribution is -0.127. The summed E-state index contributed by atoms with van der Waals surface area (Å²) in [6.07, 6.45) is 16.7. The number of aromatic nitrogens is 4. The zero-order valence-corrected chi connectivity index (χ0v) is 31.7. The molecule has 1 aliphatic rings. The van der Waals surface area contributed by atoms with E-state index in [4.69, 9.17) is 23.1 Å². The molecular weight excluding hydrogens is 677 g/mol. The van der Waals surface area contributed by atoms with E-state index >= 15 is 0 Å². The number of aliphatic hydroxyl groups excluding tert-OH is 1. The number of aryl methyl sites for hydroxylation is 1. The predicted octanol–water partition coefficient (Wildman–Crippen LogP) is 4.17. The average molecular weight is 735 g/mol. The molecule has 1 aliphatic heterocycles. The molecule has 0 aliphatic carbocycles. The van der Waals surface area contributed by atoms with Crippen LogP contribution in [0.4, 0.5) is 0 Å². The Morgan fingerprint density at radius 3 is 1.78 bits per heavy atom. The molecule has 3 heterocycles. The summed E-state index contributed by atoms with van der Waals surface area (Å²) in [5.41, 5.74) is 8.51. The first-order valence-electron chi connectivity index (χ1n) is 17.0. The van der Waals surface area contributed by atoms with E-state index in [0.717, 1.165) is 88.6 Å². The number of H-pyrrole nitrogens is 2. The molecule has 7 N–H and O–H groups in total. The number of imidazole rings is 2. The number of rotatable bonds is 20. The quantitative estimate of drug-likeness (QED) is 0.0652. The maximum absolute atomic E-state index is 11.8. The highest BCUT2D eigenvalue weighted by molar-refractivity contribution is 8.23. The van der Waals surface area contributed by atoms with E-state index in [1.54, 1.807) is 55.6 Å². The van der Waals surface area contributed by atoms with Crippen LogP contribution in [0.2, 0.25) is 0 Å². The van der Waals surface area contributed by atoms with Gasteiger partial charge < -0.3 is 31.4 Å². The minimum atomic E-state index is -0.101. The molecule has 2 aromatic heterocycles. The van der Waals surface area contributed by atoms with Crippen LogP contribution in [0.1, 0.15) is 89.4 Å². The van der Waals surface area contributed by atoms with Crippen molar-refractivity contribution in [2.75, 3.05) is 39.0 Å². The normalized spacial score (nSPS) is 11.5. The van der Waals surface area contributed by atoms with Gasteiger partial charge in [0.15, 0.2) is 0 Å². The Kier molecular flexibility index (Phi) is 28.0. The first-order chi connectivity index (χ1) is 24.0. The van der Waals surface area contributed by atoms with Crippen LogP contribution in [0.15, 0.2) is 49.4 Å². The van der Waals surface area contributed by atoms with Gasteiger partial charge >= 0.3 is 0 Å². The summed E-state index contributed by atoms with van der Waals surface area (Å²) in [5, 5.41) is 12.6. The van der Waals surface area contributed by atoms with Gasteiger partial charge in [0.05, 0.1) is 12.7 Å². The van der Waals surface area contributed by atoms with Crippen molar-refractivity contribution in [3.8, 4) is 0 Å². The molecule has 0 bridgehead atoms. The SMILES string of the molecule is C=C(C)C(=O)NCCCCCC(=O)CCCc1cnc[nH]1.C=C(C)C(=O)NCCCCCC(=O)N1CCSC1=S.CO.NCCc1cnc[nH]1. The second kappa shape index (κ2) is 30.2. The van der Waals surface area contributed by atoms with Crippen molar-refractivity contribution in [2.24, 2.45) is 5.73 Å². The van der Waals surface area contributed by atoms with Crippen LogP contribution in [-0.2, 0) is 32.0 Å². The average Bonchev–Trinajstić information content (AvgIpc) is 3.90. The van der Waals surface area contributed by atoms with Gasteiger partial charge in [0.1, 0.15) is 10.1 Å². The molecular formula is C35H58N8O5S2. The minimum absolute atomic E-state index is 0.0927. The van der Waals surface area contributed by atoms with Gasteiger partial charge in [-0.2, -0.15) is 0 Å². The van der Waals surface area contributed by atoms with Gasteiger partial charge in [0, 0.05) is 93.1 Å². The molecule has 0 unspecified atom stereocenters. The summed E-state index contributed by atoms with van der Waals surface area (Å²) in [7, 11) is 1.00. The maximum atomic E-state index is 11.8. The Hall–Kier alpha value is -3.66. The van der Waals surface area contributed by atoms with Gasteiger partial charge in [-0.3, -0.25) is 24.1 Å². The second-order valence-electron chi connectivity index (χ2n) is 11.4. The number of nitrogens with one attached hydrogen (secondary N) is 4. The lowest BCUT2D eigenvalue weighted by Gasteiger charge is -2.14. The third-order valence-corrected chi connectivity index (χ3v) is 8.46. The van der Waals surface area contributed by atoms with Crippen LogP contribution in [0.25, 0.3) is 0 Å².